The zero-order valence-corrected chi connectivity index (χ0v) is 9.92. The van der Waals surface area contributed by atoms with Gasteiger partial charge in [0.1, 0.15) is 17.5 Å². The van der Waals surface area contributed by atoms with E-state index in [0.717, 1.165) is 37.3 Å². The molecule has 18 heavy (non-hydrogen) atoms. The van der Waals surface area contributed by atoms with Crippen LogP contribution in [0.5, 0.6) is 0 Å². The molecule has 2 rings (SSSR count). The summed E-state index contributed by atoms with van der Waals surface area (Å²) in [6.07, 6.45) is 5.23. The molecule has 0 aliphatic carbocycles. The van der Waals surface area contributed by atoms with E-state index in [4.69, 9.17) is 0 Å². The Morgan fingerprint density at radius 3 is 2.94 bits per heavy atom. The van der Waals surface area contributed by atoms with E-state index >= 15 is 0 Å². The molecule has 2 aromatic rings. The number of aryl methyl sites for hydroxylation is 1. The maximum atomic E-state index is 13.3. The summed E-state index contributed by atoms with van der Waals surface area (Å²) in [5, 5.41) is 3.08. The third kappa shape index (κ3) is 3.63. The molecule has 0 saturated carbocycles. The van der Waals surface area contributed by atoms with Crippen molar-refractivity contribution in [3.63, 3.8) is 0 Å². The van der Waals surface area contributed by atoms with Gasteiger partial charge in [0.15, 0.2) is 0 Å². The topological polar surface area (TPSA) is 40.7 Å². The van der Waals surface area contributed by atoms with Crippen molar-refractivity contribution in [3.8, 4) is 0 Å². The van der Waals surface area contributed by atoms with Gasteiger partial charge in [-0.3, -0.25) is 0 Å². The lowest BCUT2D eigenvalue weighted by Crippen LogP contribution is -2.16. The number of benzene rings is 1. The van der Waals surface area contributed by atoms with Gasteiger partial charge >= 0.3 is 0 Å². The Bertz CT molecular complexity index is 483. The first-order chi connectivity index (χ1) is 8.75. The van der Waals surface area contributed by atoms with Crippen molar-refractivity contribution in [1.82, 2.24) is 15.3 Å². The van der Waals surface area contributed by atoms with Crippen molar-refractivity contribution in [1.29, 1.82) is 0 Å². The maximum Gasteiger partial charge on any atom is 0.127 e. The van der Waals surface area contributed by atoms with E-state index in [9.17, 15) is 8.78 Å². The van der Waals surface area contributed by atoms with Gasteiger partial charge in [-0.2, -0.15) is 0 Å². The fourth-order valence-electron chi connectivity index (χ4n) is 1.72. The van der Waals surface area contributed by atoms with Gasteiger partial charge in [0, 0.05) is 30.9 Å². The van der Waals surface area contributed by atoms with Gasteiger partial charge in [-0.1, -0.05) is 0 Å². The van der Waals surface area contributed by atoms with Crippen LogP contribution in [-0.4, -0.2) is 16.5 Å². The van der Waals surface area contributed by atoms with Crippen LogP contribution in [0.2, 0.25) is 0 Å². The van der Waals surface area contributed by atoms with Gasteiger partial charge in [0.05, 0.1) is 0 Å². The molecule has 0 spiro atoms. The van der Waals surface area contributed by atoms with Gasteiger partial charge in [0.2, 0.25) is 0 Å². The molecule has 3 nitrogen and oxygen atoms in total. The monoisotopic (exact) mass is 251 g/mol. The van der Waals surface area contributed by atoms with Gasteiger partial charge in [0.25, 0.3) is 0 Å². The number of hydrogen-bond acceptors (Lipinski definition) is 2. The highest BCUT2D eigenvalue weighted by atomic mass is 19.1. The summed E-state index contributed by atoms with van der Waals surface area (Å²) in [5.74, 6) is 0.146. The molecule has 96 valence electrons. The van der Waals surface area contributed by atoms with E-state index in [-0.39, 0.29) is 5.82 Å². The second-order valence-corrected chi connectivity index (χ2v) is 4.05. The Kier molecular flexibility index (Phi) is 4.41. The largest absolute Gasteiger partial charge is 0.349 e. The van der Waals surface area contributed by atoms with Crippen LogP contribution in [0.25, 0.3) is 0 Å². The Morgan fingerprint density at radius 1 is 1.28 bits per heavy atom. The van der Waals surface area contributed by atoms with Crippen LogP contribution in [0.3, 0.4) is 0 Å². The third-order valence-corrected chi connectivity index (χ3v) is 2.65. The van der Waals surface area contributed by atoms with Gasteiger partial charge in [-0.05, 0) is 31.2 Å². The first-order valence-electron chi connectivity index (χ1n) is 5.88. The van der Waals surface area contributed by atoms with E-state index in [1.54, 1.807) is 12.4 Å². The molecule has 0 atom stereocenters. The normalized spacial score (nSPS) is 10.8. The fourth-order valence-corrected chi connectivity index (χ4v) is 1.72. The Balaban J connectivity index is 1.70. The number of aromatic nitrogens is 2. The van der Waals surface area contributed by atoms with Gasteiger partial charge in [-0.25, -0.2) is 13.8 Å². The summed E-state index contributed by atoms with van der Waals surface area (Å²) in [6, 6.07) is 3.49. The number of rotatable bonds is 6. The zero-order valence-electron chi connectivity index (χ0n) is 9.92. The van der Waals surface area contributed by atoms with Crippen molar-refractivity contribution in [2.45, 2.75) is 19.4 Å². The molecule has 2 N–H and O–H groups in total. The zero-order chi connectivity index (χ0) is 12.8. The number of imidazole rings is 1. The number of H-pyrrole nitrogens is 1. The molecule has 0 radical (unpaired) electrons. The second-order valence-electron chi connectivity index (χ2n) is 4.05. The van der Waals surface area contributed by atoms with E-state index in [2.05, 4.69) is 15.3 Å². The Labute approximate surface area is 104 Å². The predicted molar refractivity (Wildman–Crippen MR) is 65.0 cm³/mol. The van der Waals surface area contributed by atoms with Crippen LogP contribution in [0.15, 0.2) is 30.6 Å². The minimum absolute atomic E-state index is 0.335. The first-order valence-corrected chi connectivity index (χ1v) is 5.88. The van der Waals surface area contributed by atoms with Crippen molar-refractivity contribution in [3.05, 3.63) is 53.6 Å². The molecular weight excluding hydrogens is 236 g/mol. The lowest BCUT2D eigenvalue weighted by Gasteiger charge is -2.05. The molecular formula is C13H15F2N3. The summed E-state index contributed by atoms with van der Waals surface area (Å²) in [5.41, 5.74) is 0.355. The van der Waals surface area contributed by atoms with Crippen LogP contribution in [0.4, 0.5) is 8.78 Å². The van der Waals surface area contributed by atoms with Crippen LogP contribution < -0.4 is 5.32 Å². The molecule has 1 heterocycles. The Hall–Kier alpha value is -1.75. The molecule has 0 aliphatic heterocycles. The molecule has 0 saturated heterocycles. The highest BCUT2D eigenvalue weighted by molar-refractivity contribution is 5.18. The highest BCUT2D eigenvalue weighted by Crippen LogP contribution is 2.09. The number of hydrogen-bond donors (Lipinski definition) is 2. The van der Waals surface area contributed by atoms with E-state index in [1.807, 2.05) is 0 Å². The first kappa shape index (κ1) is 12.7. The van der Waals surface area contributed by atoms with Gasteiger partial charge < -0.3 is 10.3 Å². The molecule has 0 unspecified atom stereocenters. The lowest BCUT2D eigenvalue weighted by molar-refractivity contribution is 0.563. The molecule has 0 bridgehead atoms. The minimum atomic E-state index is -0.413. The summed E-state index contributed by atoms with van der Waals surface area (Å²) < 4.78 is 26.2. The standard InChI is InChI=1S/C13H15F2N3/c14-11-3-4-12(15)10(8-11)9-16-5-1-2-13-17-6-7-18-13/h3-4,6-8,16H,1-2,5,9H2,(H,17,18). The average Bonchev–Trinajstić information content (AvgIpc) is 2.86. The lowest BCUT2D eigenvalue weighted by atomic mass is 10.2. The van der Waals surface area contributed by atoms with E-state index in [1.165, 1.54) is 6.07 Å². The maximum absolute atomic E-state index is 13.3. The predicted octanol–water partition coefficient (Wildman–Crippen LogP) is 2.41. The molecule has 0 amide bonds. The van der Waals surface area contributed by atoms with Crippen molar-refractivity contribution >= 4 is 0 Å². The Morgan fingerprint density at radius 2 is 2.17 bits per heavy atom. The minimum Gasteiger partial charge on any atom is -0.349 e. The number of nitrogens with zero attached hydrogens (tertiary/aromatic N) is 1. The van der Waals surface area contributed by atoms with Gasteiger partial charge in [-0.15, -0.1) is 0 Å². The van der Waals surface area contributed by atoms with E-state index < -0.39 is 5.82 Å². The van der Waals surface area contributed by atoms with Crippen LogP contribution in [-0.2, 0) is 13.0 Å². The van der Waals surface area contributed by atoms with Crippen LogP contribution >= 0.6 is 0 Å². The molecule has 5 heteroatoms. The van der Waals surface area contributed by atoms with Crippen LogP contribution in [0, 0.1) is 11.6 Å². The third-order valence-electron chi connectivity index (χ3n) is 2.65. The number of aromatic amines is 1. The SMILES string of the molecule is Fc1ccc(F)c(CNCCCc2ncc[nH]2)c1. The molecule has 0 aliphatic rings. The quantitative estimate of drug-likeness (QED) is 0.774. The summed E-state index contributed by atoms with van der Waals surface area (Å²) in [4.78, 5) is 7.12. The molecule has 1 aromatic carbocycles. The van der Waals surface area contributed by atoms with Crippen LogP contribution in [0.1, 0.15) is 17.8 Å². The number of halogens is 2. The summed E-state index contributed by atoms with van der Waals surface area (Å²) in [6.45, 7) is 1.07. The van der Waals surface area contributed by atoms with Crippen molar-refractivity contribution in [2.75, 3.05) is 6.54 Å². The fraction of sp³-hybridized carbons (Fsp3) is 0.308. The van der Waals surface area contributed by atoms with Crippen molar-refractivity contribution in [2.24, 2.45) is 0 Å². The molecule has 1 aromatic heterocycles. The van der Waals surface area contributed by atoms with Crippen molar-refractivity contribution < 1.29 is 8.78 Å². The summed E-state index contributed by atoms with van der Waals surface area (Å²) in [7, 11) is 0. The smallest absolute Gasteiger partial charge is 0.127 e. The van der Waals surface area contributed by atoms with E-state index in [0.29, 0.717) is 12.1 Å². The average molecular weight is 251 g/mol. The molecule has 0 fully saturated rings. The highest BCUT2D eigenvalue weighted by Gasteiger charge is 2.03. The second kappa shape index (κ2) is 6.26. The number of nitrogens with one attached hydrogen (secondary N) is 2. The summed E-state index contributed by atoms with van der Waals surface area (Å²) >= 11 is 0.